The van der Waals surface area contributed by atoms with Gasteiger partial charge >= 0.3 is 0 Å². The number of rotatable bonds is 5. The van der Waals surface area contributed by atoms with Crippen LogP contribution in [0.1, 0.15) is 37.7 Å². The van der Waals surface area contributed by atoms with Crippen LogP contribution in [0.2, 0.25) is 5.02 Å². The van der Waals surface area contributed by atoms with Crippen LogP contribution in [0.15, 0.2) is 23.1 Å². The summed E-state index contributed by atoms with van der Waals surface area (Å²) in [5.74, 6) is 0. The lowest BCUT2D eigenvalue weighted by atomic mass is 9.75. The molecule has 0 bridgehead atoms. The fourth-order valence-corrected chi connectivity index (χ4v) is 4.54. The lowest BCUT2D eigenvalue weighted by Gasteiger charge is -2.35. The molecule has 1 aromatic carbocycles. The zero-order chi connectivity index (χ0) is 15.5. The summed E-state index contributed by atoms with van der Waals surface area (Å²) in [7, 11) is -3.61. The van der Waals surface area contributed by atoms with Crippen molar-refractivity contribution in [3.8, 4) is 0 Å². The van der Waals surface area contributed by atoms with Gasteiger partial charge in [0.15, 0.2) is 0 Å². The van der Waals surface area contributed by atoms with Gasteiger partial charge in [-0.3, -0.25) is 0 Å². The number of sulfonamides is 1. The molecule has 1 fully saturated rings. The van der Waals surface area contributed by atoms with E-state index in [1.165, 1.54) is 6.07 Å². The average molecular weight is 332 g/mol. The molecule has 0 unspecified atom stereocenters. The van der Waals surface area contributed by atoms with Crippen LogP contribution >= 0.6 is 11.6 Å². The van der Waals surface area contributed by atoms with Gasteiger partial charge in [0.05, 0.1) is 4.90 Å². The van der Waals surface area contributed by atoms with Crippen molar-refractivity contribution in [1.29, 1.82) is 0 Å². The first-order valence-corrected chi connectivity index (χ1v) is 9.11. The molecule has 6 heteroatoms. The molecular weight excluding hydrogens is 310 g/mol. The summed E-state index contributed by atoms with van der Waals surface area (Å²) < 4.78 is 27.6. The molecule has 1 aliphatic rings. The van der Waals surface area contributed by atoms with Gasteiger partial charge in [-0.25, -0.2) is 13.1 Å². The monoisotopic (exact) mass is 331 g/mol. The van der Waals surface area contributed by atoms with E-state index >= 15 is 0 Å². The third kappa shape index (κ3) is 3.97. The second-order valence-corrected chi connectivity index (χ2v) is 8.12. The second-order valence-electron chi connectivity index (χ2n) is 5.95. The Bertz CT molecular complexity index is 595. The van der Waals surface area contributed by atoms with Gasteiger partial charge in [-0.15, -0.1) is 0 Å². The van der Waals surface area contributed by atoms with Gasteiger partial charge in [-0.2, -0.15) is 0 Å². The standard InChI is InChI=1S/C15H22ClNO3S/c1-12-5-6-13(16)9-14(12)21(19,20)17-10-15(11-18)7-3-2-4-8-15/h5-6,9,17-18H,2-4,7-8,10-11H2,1H3. The second kappa shape index (κ2) is 6.65. The number of aliphatic hydroxyl groups is 1. The Hall–Kier alpha value is -0.620. The number of hydrogen-bond donors (Lipinski definition) is 2. The van der Waals surface area contributed by atoms with Crippen molar-refractivity contribution in [3.05, 3.63) is 28.8 Å². The highest BCUT2D eigenvalue weighted by atomic mass is 35.5. The lowest BCUT2D eigenvalue weighted by molar-refractivity contribution is 0.0867. The Kier molecular flexibility index (Phi) is 5.30. The van der Waals surface area contributed by atoms with Crippen LogP contribution in [0, 0.1) is 12.3 Å². The van der Waals surface area contributed by atoms with Crippen LogP contribution in [0.25, 0.3) is 0 Å². The Labute approximate surface area is 131 Å². The number of aryl methyl sites for hydroxylation is 1. The Morgan fingerprint density at radius 2 is 1.95 bits per heavy atom. The highest BCUT2D eigenvalue weighted by Gasteiger charge is 2.33. The van der Waals surface area contributed by atoms with E-state index in [-0.39, 0.29) is 23.5 Å². The molecule has 1 saturated carbocycles. The van der Waals surface area contributed by atoms with Crippen molar-refractivity contribution in [2.75, 3.05) is 13.2 Å². The van der Waals surface area contributed by atoms with E-state index in [1.54, 1.807) is 19.1 Å². The quantitative estimate of drug-likeness (QED) is 0.871. The highest BCUT2D eigenvalue weighted by molar-refractivity contribution is 7.89. The summed E-state index contributed by atoms with van der Waals surface area (Å²) >= 11 is 5.89. The van der Waals surface area contributed by atoms with Gasteiger partial charge in [0.1, 0.15) is 0 Å². The van der Waals surface area contributed by atoms with E-state index in [0.29, 0.717) is 10.6 Å². The summed E-state index contributed by atoms with van der Waals surface area (Å²) in [6.07, 6.45) is 4.96. The molecule has 1 aliphatic carbocycles. The van der Waals surface area contributed by atoms with E-state index in [2.05, 4.69) is 4.72 Å². The van der Waals surface area contributed by atoms with Crippen molar-refractivity contribution in [2.45, 2.75) is 43.9 Å². The summed E-state index contributed by atoms with van der Waals surface area (Å²) in [6, 6.07) is 4.83. The van der Waals surface area contributed by atoms with E-state index < -0.39 is 10.0 Å². The van der Waals surface area contributed by atoms with Crippen LogP contribution < -0.4 is 4.72 Å². The van der Waals surface area contributed by atoms with E-state index in [1.807, 2.05) is 0 Å². The number of aliphatic hydroxyl groups excluding tert-OH is 1. The van der Waals surface area contributed by atoms with Crippen LogP contribution in [0.3, 0.4) is 0 Å². The van der Waals surface area contributed by atoms with Crippen molar-refractivity contribution in [1.82, 2.24) is 4.72 Å². The lowest BCUT2D eigenvalue weighted by Crippen LogP contribution is -2.41. The molecule has 118 valence electrons. The number of benzene rings is 1. The molecule has 0 spiro atoms. The maximum absolute atomic E-state index is 12.5. The maximum atomic E-state index is 12.5. The van der Waals surface area contributed by atoms with Gasteiger partial charge in [0.2, 0.25) is 10.0 Å². The molecule has 0 aromatic heterocycles. The number of nitrogens with one attached hydrogen (secondary N) is 1. The molecule has 21 heavy (non-hydrogen) atoms. The van der Waals surface area contributed by atoms with Gasteiger partial charge in [0, 0.05) is 23.6 Å². The first-order valence-electron chi connectivity index (χ1n) is 7.25. The molecule has 0 heterocycles. The molecule has 2 rings (SSSR count). The van der Waals surface area contributed by atoms with Gasteiger partial charge in [0.25, 0.3) is 0 Å². The molecule has 0 radical (unpaired) electrons. The normalized spacial score (nSPS) is 18.6. The fraction of sp³-hybridized carbons (Fsp3) is 0.600. The minimum atomic E-state index is -3.61. The minimum Gasteiger partial charge on any atom is -0.396 e. The predicted octanol–water partition coefficient (Wildman–Crippen LogP) is 2.87. The average Bonchev–Trinajstić information content (AvgIpc) is 2.49. The SMILES string of the molecule is Cc1ccc(Cl)cc1S(=O)(=O)NCC1(CO)CCCCC1. The predicted molar refractivity (Wildman–Crippen MR) is 84.0 cm³/mol. The van der Waals surface area contributed by atoms with Crippen molar-refractivity contribution >= 4 is 21.6 Å². The zero-order valence-corrected chi connectivity index (χ0v) is 13.8. The van der Waals surface area contributed by atoms with Crippen molar-refractivity contribution in [2.24, 2.45) is 5.41 Å². The maximum Gasteiger partial charge on any atom is 0.240 e. The molecule has 0 aliphatic heterocycles. The smallest absolute Gasteiger partial charge is 0.240 e. The van der Waals surface area contributed by atoms with Crippen molar-refractivity contribution < 1.29 is 13.5 Å². The van der Waals surface area contributed by atoms with Crippen LogP contribution in [-0.2, 0) is 10.0 Å². The topological polar surface area (TPSA) is 66.4 Å². The van der Waals surface area contributed by atoms with Gasteiger partial charge < -0.3 is 5.11 Å². The molecule has 2 N–H and O–H groups in total. The van der Waals surface area contributed by atoms with Crippen LogP contribution in [0.4, 0.5) is 0 Å². The molecule has 0 amide bonds. The molecule has 0 saturated heterocycles. The Balaban J connectivity index is 2.15. The first-order chi connectivity index (χ1) is 9.88. The summed E-state index contributed by atoms with van der Waals surface area (Å²) in [5.41, 5.74) is 0.339. The molecule has 4 nitrogen and oxygen atoms in total. The van der Waals surface area contributed by atoms with E-state index in [4.69, 9.17) is 11.6 Å². The summed E-state index contributed by atoms with van der Waals surface area (Å²) in [5, 5.41) is 10.1. The first kappa shape index (κ1) is 16.7. The van der Waals surface area contributed by atoms with Gasteiger partial charge in [-0.1, -0.05) is 36.9 Å². The van der Waals surface area contributed by atoms with Gasteiger partial charge in [-0.05, 0) is 37.5 Å². The summed E-state index contributed by atoms with van der Waals surface area (Å²) in [4.78, 5) is 0.207. The highest BCUT2D eigenvalue weighted by Crippen LogP contribution is 2.35. The van der Waals surface area contributed by atoms with Crippen LogP contribution in [0.5, 0.6) is 0 Å². The summed E-state index contributed by atoms with van der Waals surface area (Å²) in [6.45, 7) is 2.04. The molecular formula is C15H22ClNO3S. The number of halogens is 1. The molecule has 1 aromatic rings. The zero-order valence-electron chi connectivity index (χ0n) is 12.2. The minimum absolute atomic E-state index is 0.0179. The molecule has 0 atom stereocenters. The Morgan fingerprint density at radius 1 is 1.29 bits per heavy atom. The Morgan fingerprint density at radius 3 is 2.57 bits per heavy atom. The van der Waals surface area contributed by atoms with Crippen LogP contribution in [-0.4, -0.2) is 26.7 Å². The largest absolute Gasteiger partial charge is 0.396 e. The van der Waals surface area contributed by atoms with E-state index in [9.17, 15) is 13.5 Å². The third-order valence-corrected chi connectivity index (χ3v) is 6.10. The fourth-order valence-electron chi connectivity index (χ4n) is 2.88. The van der Waals surface area contributed by atoms with E-state index in [0.717, 1.165) is 32.1 Å². The van der Waals surface area contributed by atoms with Crippen molar-refractivity contribution in [3.63, 3.8) is 0 Å². The third-order valence-electron chi connectivity index (χ3n) is 4.33. The number of hydrogen-bond acceptors (Lipinski definition) is 3.